The Hall–Kier alpha value is -3.94. The third-order valence-electron chi connectivity index (χ3n) is 4.31. The Kier molecular flexibility index (Phi) is 6.94. The van der Waals surface area contributed by atoms with Gasteiger partial charge in [0.2, 0.25) is 5.76 Å². The normalized spacial score (nSPS) is 10.4. The Morgan fingerprint density at radius 3 is 2.43 bits per heavy atom. The van der Waals surface area contributed by atoms with Crippen LogP contribution in [0.4, 0.5) is 5.69 Å². The standard InChI is InChI=1S/C22H20N2O6/c25-21(23-14-4-7-16-5-2-1-3-6-16)15-29-22(26)20-13-12-19(30-20)17-8-10-18(11-9-17)24(27)28/h1-3,5-6,8-13H,4,7,14-15H2,(H,23,25). The lowest BCUT2D eigenvalue weighted by molar-refractivity contribution is -0.384. The predicted octanol–water partition coefficient (Wildman–Crippen LogP) is 3.76. The number of hydrogen-bond acceptors (Lipinski definition) is 6. The molecule has 8 nitrogen and oxygen atoms in total. The monoisotopic (exact) mass is 408 g/mol. The minimum Gasteiger partial charge on any atom is -0.450 e. The molecule has 1 amide bonds. The zero-order valence-corrected chi connectivity index (χ0v) is 16.1. The van der Waals surface area contributed by atoms with Crippen LogP contribution < -0.4 is 5.32 Å². The molecule has 0 fully saturated rings. The highest BCUT2D eigenvalue weighted by Gasteiger charge is 2.16. The first kappa shape index (κ1) is 20.8. The van der Waals surface area contributed by atoms with Gasteiger partial charge in [-0.1, -0.05) is 30.3 Å². The van der Waals surface area contributed by atoms with Crippen molar-refractivity contribution >= 4 is 17.6 Å². The fourth-order valence-electron chi connectivity index (χ4n) is 2.77. The number of nitrogens with zero attached hydrogens (tertiary/aromatic N) is 1. The zero-order chi connectivity index (χ0) is 21.3. The SMILES string of the molecule is O=C(COC(=O)c1ccc(-c2ccc([N+](=O)[O-])cc2)o1)NCCCc1ccccc1. The minimum atomic E-state index is -0.761. The summed E-state index contributed by atoms with van der Waals surface area (Å²) in [5.41, 5.74) is 1.73. The van der Waals surface area contributed by atoms with Gasteiger partial charge in [0.25, 0.3) is 11.6 Å². The fourth-order valence-corrected chi connectivity index (χ4v) is 2.77. The Morgan fingerprint density at radius 2 is 1.73 bits per heavy atom. The summed E-state index contributed by atoms with van der Waals surface area (Å²) in [7, 11) is 0. The molecule has 0 aliphatic carbocycles. The number of ether oxygens (including phenoxy) is 1. The molecule has 0 saturated carbocycles. The number of amides is 1. The van der Waals surface area contributed by atoms with Gasteiger partial charge in [0.1, 0.15) is 5.76 Å². The summed E-state index contributed by atoms with van der Waals surface area (Å²) in [6.45, 7) is 0.0774. The van der Waals surface area contributed by atoms with E-state index >= 15 is 0 Å². The second-order valence-electron chi connectivity index (χ2n) is 6.48. The molecule has 3 aromatic rings. The van der Waals surface area contributed by atoms with E-state index in [0.29, 0.717) is 17.9 Å². The number of nitro groups is 1. The van der Waals surface area contributed by atoms with Crippen LogP contribution in [0, 0.1) is 10.1 Å². The number of non-ortho nitro benzene ring substituents is 1. The van der Waals surface area contributed by atoms with Gasteiger partial charge in [-0.3, -0.25) is 14.9 Å². The summed E-state index contributed by atoms with van der Waals surface area (Å²) in [6.07, 6.45) is 1.62. The lowest BCUT2D eigenvalue weighted by Crippen LogP contribution is -2.29. The van der Waals surface area contributed by atoms with E-state index < -0.39 is 23.4 Å². The van der Waals surface area contributed by atoms with Crippen LogP contribution in [0.3, 0.4) is 0 Å². The average molecular weight is 408 g/mol. The van der Waals surface area contributed by atoms with Gasteiger partial charge in [0.15, 0.2) is 6.61 Å². The molecule has 0 aliphatic heterocycles. The maximum absolute atomic E-state index is 12.1. The van der Waals surface area contributed by atoms with Crippen molar-refractivity contribution in [3.8, 4) is 11.3 Å². The number of hydrogen-bond donors (Lipinski definition) is 1. The number of benzene rings is 2. The molecule has 2 aromatic carbocycles. The largest absolute Gasteiger partial charge is 0.450 e. The first-order valence-electron chi connectivity index (χ1n) is 9.35. The van der Waals surface area contributed by atoms with Crippen LogP contribution in [0.1, 0.15) is 22.5 Å². The third kappa shape index (κ3) is 5.78. The first-order chi connectivity index (χ1) is 14.5. The summed E-state index contributed by atoms with van der Waals surface area (Å²) in [4.78, 5) is 34.1. The number of aryl methyl sites for hydroxylation is 1. The highest BCUT2D eigenvalue weighted by Crippen LogP contribution is 2.24. The second-order valence-corrected chi connectivity index (χ2v) is 6.48. The van der Waals surface area contributed by atoms with Crippen LogP contribution in [0.15, 0.2) is 71.1 Å². The molecule has 1 aromatic heterocycles. The van der Waals surface area contributed by atoms with E-state index in [-0.39, 0.29) is 11.4 Å². The van der Waals surface area contributed by atoms with E-state index in [4.69, 9.17) is 9.15 Å². The van der Waals surface area contributed by atoms with Gasteiger partial charge in [-0.25, -0.2) is 4.79 Å². The van der Waals surface area contributed by atoms with Crippen LogP contribution >= 0.6 is 0 Å². The quantitative estimate of drug-likeness (QED) is 0.250. The summed E-state index contributed by atoms with van der Waals surface area (Å²) in [6, 6.07) is 18.7. The fraction of sp³-hybridized carbons (Fsp3) is 0.182. The van der Waals surface area contributed by atoms with E-state index in [1.807, 2.05) is 30.3 Å². The third-order valence-corrected chi connectivity index (χ3v) is 4.31. The van der Waals surface area contributed by atoms with Crippen molar-refractivity contribution in [2.24, 2.45) is 0 Å². The number of esters is 1. The summed E-state index contributed by atoms with van der Waals surface area (Å²) >= 11 is 0. The van der Waals surface area contributed by atoms with Gasteiger partial charge in [-0.2, -0.15) is 0 Å². The molecule has 1 N–H and O–H groups in total. The van der Waals surface area contributed by atoms with E-state index in [2.05, 4.69) is 5.32 Å². The maximum Gasteiger partial charge on any atom is 0.374 e. The van der Waals surface area contributed by atoms with Gasteiger partial charge in [-0.15, -0.1) is 0 Å². The second kappa shape index (κ2) is 10.0. The molecule has 0 spiro atoms. The highest BCUT2D eigenvalue weighted by atomic mass is 16.6. The summed E-state index contributed by atoms with van der Waals surface area (Å²) < 4.78 is 10.4. The number of carbonyl (C=O) groups excluding carboxylic acids is 2. The molecule has 3 rings (SSSR count). The predicted molar refractivity (Wildman–Crippen MR) is 109 cm³/mol. The maximum atomic E-state index is 12.1. The van der Waals surface area contributed by atoms with E-state index in [0.717, 1.165) is 12.8 Å². The zero-order valence-electron chi connectivity index (χ0n) is 16.1. The molecule has 0 bridgehead atoms. The summed E-state index contributed by atoms with van der Waals surface area (Å²) in [5.74, 6) is -0.844. The number of rotatable bonds is 9. The molecule has 154 valence electrons. The lowest BCUT2D eigenvalue weighted by Gasteiger charge is -2.06. The Labute approximate surface area is 172 Å². The van der Waals surface area contributed by atoms with Crippen molar-refractivity contribution in [1.82, 2.24) is 5.32 Å². The average Bonchev–Trinajstić information content (AvgIpc) is 3.26. The molecular formula is C22H20N2O6. The van der Waals surface area contributed by atoms with Gasteiger partial charge in [-0.05, 0) is 42.7 Å². The molecule has 0 atom stereocenters. The van der Waals surface area contributed by atoms with Gasteiger partial charge in [0, 0.05) is 24.2 Å². The van der Waals surface area contributed by atoms with Crippen LogP contribution in [-0.2, 0) is 16.0 Å². The van der Waals surface area contributed by atoms with Crippen molar-refractivity contribution in [3.63, 3.8) is 0 Å². The smallest absolute Gasteiger partial charge is 0.374 e. The Bertz CT molecular complexity index is 1010. The number of nitro benzene ring substituents is 1. The Morgan fingerprint density at radius 1 is 1.00 bits per heavy atom. The molecule has 8 heteroatoms. The molecule has 0 aliphatic rings. The summed E-state index contributed by atoms with van der Waals surface area (Å²) in [5, 5.41) is 13.4. The van der Waals surface area contributed by atoms with Crippen LogP contribution in [0.25, 0.3) is 11.3 Å². The van der Waals surface area contributed by atoms with Crippen LogP contribution in [-0.4, -0.2) is 30.0 Å². The van der Waals surface area contributed by atoms with Crippen molar-refractivity contribution < 1.29 is 23.7 Å². The van der Waals surface area contributed by atoms with Crippen molar-refractivity contribution in [1.29, 1.82) is 0 Å². The van der Waals surface area contributed by atoms with Crippen molar-refractivity contribution in [2.75, 3.05) is 13.2 Å². The number of furan rings is 1. The highest BCUT2D eigenvalue weighted by molar-refractivity contribution is 5.89. The van der Waals surface area contributed by atoms with E-state index in [9.17, 15) is 19.7 Å². The lowest BCUT2D eigenvalue weighted by atomic mass is 10.1. The molecule has 1 heterocycles. The van der Waals surface area contributed by atoms with Crippen molar-refractivity contribution in [2.45, 2.75) is 12.8 Å². The van der Waals surface area contributed by atoms with Crippen molar-refractivity contribution in [3.05, 3.63) is 88.2 Å². The van der Waals surface area contributed by atoms with Gasteiger partial charge < -0.3 is 14.5 Å². The molecular weight excluding hydrogens is 388 g/mol. The number of carbonyl (C=O) groups is 2. The van der Waals surface area contributed by atoms with Crippen LogP contribution in [0.2, 0.25) is 0 Å². The van der Waals surface area contributed by atoms with Gasteiger partial charge in [0.05, 0.1) is 4.92 Å². The molecule has 0 radical (unpaired) electrons. The molecule has 0 saturated heterocycles. The minimum absolute atomic E-state index is 0.0419. The van der Waals surface area contributed by atoms with Crippen LogP contribution in [0.5, 0.6) is 0 Å². The van der Waals surface area contributed by atoms with E-state index in [1.165, 1.54) is 35.9 Å². The number of nitrogens with one attached hydrogen (secondary N) is 1. The Balaban J connectivity index is 1.42. The molecule has 0 unspecified atom stereocenters. The van der Waals surface area contributed by atoms with Gasteiger partial charge >= 0.3 is 5.97 Å². The first-order valence-corrected chi connectivity index (χ1v) is 9.35. The molecule has 30 heavy (non-hydrogen) atoms. The van der Waals surface area contributed by atoms with E-state index in [1.54, 1.807) is 6.07 Å². The topological polar surface area (TPSA) is 112 Å².